The maximum atomic E-state index is 13.2. The summed E-state index contributed by atoms with van der Waals surface area (Å²) in [5, 5.41) is 6.06. The molecule has 4 fully saturated rings. The number of hydrogen-bond acceptors (Lipinski definition) is 4. The van der Waals surface area contributed by atoms with E-state index in [4.69, 9.17) is 4.74 Å². The third-order valence-electron chi connectivity index (χ3n) is 8.53. The molecule has 0 atom stereocenters. The largest absolute Gasteiger partial charge is 0.381 e. The van der Waals surface area contributed by atoms with E-state index in [1.165, 1.54) is 4.90 Å². The Morgan fingerprint density at radius 3 is 2.41 bits per heavy atom. The number of carbonyl (C=O) groups is 3. The smallest absolute Gasteiger partial charge is 0.327 e. The van der Waals surface area contributed by atoms with Crippen molar-refractivity contribution in [1.82, 2.24) is 20.4 Å². The van der Waals surface area contributed by atoms with Gasteiger partial charge in [-0.05, 0) is 68.3 Å². The number of benzene rings is 1. The molecule has 34 heavy (non-hydrogen) atoms. The monoisotopic (exact) mass is 468 g/mol. The molecule has 4 aliphatic rings. The average Bonchev–Trinajstić information content (AvgIpc) is 3.01. The van der Waals surface area contributed by atoms with Crippen molar-refractivity contribution in [3.05, 3.63) is 35.9 Å². The Bertz CT molecular complexity index is 914. The molecule has 184 valence electrons. The number of hydrogen-bond donors (Lipinski definition) is 2. The first-order valence-electron chi connectivity index (χ1n) is 12.7. The van der Waals surface area contributed by atoms with Gasteiger partial charge in [0.05, 0.1) is 0 Å². The van der Waals surface area contributed by atoms with Crippen LogP contribution >= 0.6 is 0 Å². The number of carbonyl (C=O) groups excluding carboxylic acids is 3. The molecule has 0 radical (unpaired) electrons. The number of nitrogens with zero attached hydrogens (tertiary/aromatic N) is 2. The van der Waals surface area contributed by atoms with E-state index in [1.807, 2.05) is 35.2 Å². The highest BCUT2D eigenvalue weighted by atomic mass is 16.5. The quantitative estimate of drug-likeness (QED) is 0.649. The SMILES string of the molecule is CN1C(=O)N(CC2CCOCC2)C2(CC3(CCC(NC(=O)NCc4ccccc4)CC3)C2)C1=O. The Labute approximate surface area is 201 Å². The molecule has 2 N–H and O–H groups in total. The number of likely N-dealkylation sites (N-methyl/N-ethyl adjacent to an activating group) is 1. The second-order valence-corrected chi connectivity index (χ2v) is 10.8. The molecule has 8 heteroatoms. The zero-order chi connectivity index (χ0) is 23.8. The number of ether oxygens (including phenoxy) is 1. The van der Waals surface area contributed by atoms with Gasteiger partial charge in [0.1, 0.15) is 5.54 Å². The predicted octanol–water partition coefficient (Wildman–Crippen LogP) is 3.27. The number of rotatable bonds is 5. The summed E-state index contributed by atoms with van der Waals surface area (Å²) in [6.07, 6.45) is 7.18. The molecule has 2 heterocycles. The third-order valence-corrected chi connectivity index (χ3v) is 8.53. The molecule has 5 rings (SSSR count). The van der Waals surface area contributed by atoms with Crippen molar-refractivity contribution in [3.63, 3.8) is 0 Å². The fourth-order valence-corrected chi connectivity index (χ4v) is 6.59. The van der Waals surface area contributed by atoms with Crippen molar-refractivity contribution in [2.24, 2.45) is 11.3 Å². The summed E-state index contributed by atoms with van der Waals surface area (Å²) in [6.45, 7) is 2.64. The Hall–Kier alpha value is -2.61. The second-order valence-electron chi connectivity index (χ2n) is 10.8. The van der Waals surface area contributed by atoms with Gasteiger partial charge in [0.15, 0.2) is 0 Å². The van der Waals surface area contributed by atoms with E-state index < -0.39 is 5.54 Å². The molecule has 2 aliphatic heterocycles. The van der Waals surface area contributed by atoms with Crippen LogP contribution in [-0.2, 0) is 16.1 Å². The maximum Gasteiger partial charge on any atom is 0.327 e. The lowest BCUT2D eigenvalue weighted by molar-refractivity contribution is -0.150. The Kier molecular flexibility index (Phi) is 6.27. The molecule has 2 spiro atoms. The Morgan fingerprint density at radius 2 is 1.74 bits per heavy atom. The fraction of sp³-hybridized carbons (Fsp3) is 0.654. The molecule has 0 aromatic heterocycles. The molecule has 1 aromatic carbocycles. The highest BCUT2D eigenvalue weighted by molar-refractivity contribution is 6.07. The van der Waals surface area contributed by atoms with Crippen LogP contribution in [0.2, 0.25) is 0 Å². The van der Waals surface area contributed by atoms with E-state index in [9.17, 15) is 14.4 Å². The van der Waals surface area contributed by atoms with E-state index in [-0.39, 0.29) is 29.4 Å². The standard InChI is InChI=1S/C26H36N4O4/c1-29-22(31)26(30(24(29)33)16-20-9-13-34-14-10-20)17-25(18-26)11-7-21(8-12-25)28-23(32)27-15-19-5-3-2-4-6-19/h2-6,20-21H,7-18H2,1H3,(H2,27,28,32). The van der Waals surface area contributed by atoms with Crippen molar-refractivity contribution >= 4 is 18.0 Å². The molecule has 8 nitrogen and oxygen atoms in total. The lowest BCUT2D eigenvalue weighted by Gasteiger charge is -2.58. The summed E-state index contributed by atoms with van der Waals surface area (Å²) >= 11 is 0. The van der Waals surface area contributed by atoms with E-state index in [2.05, 4.69) is 10.6 Å². The van der Waals surface area contributed by atoms with Crippen molar-refractivity contribution < 1.29 is 19.1 Å². The third kappa shape index (κ3) is 4.28. The van der Waals surface area contributed by atoms with Gasteiger partial charge in [-0.2, -0.15) is 0 Å². The molecule has 5 amide bonds. The van der Waals surface area contributed by atoms with Crippen LogP contribution in [0.25, 0.3) is 0 Å². The molecular formula is C26H36N4O4. The molecule has 0 unspecified atom stereocenters. The van der Waals surface area contributed by atoms with Gasteiger partial charge in [-0.25, -0.2) is 9.59 Å². The maximum absolute atomic E-state index is 13.2. The van der Waals surface area contributed by atoms with Crippen LogP contribution in [0.1, 0.15) is 56.9 Å². The molecule has 0 bridgehead atoms. The van der Waals surface area contributed by atoms with Gasteiger partial charge in [0, 0.05) is 39.4 Å². The van der Waals surface area contributed by atoms with Crippen molar-refractivity contribution in [1.29, 1.82) is 0 Å². The van der Waals surface area contributed by atoms with Gasteiger partial charge in [0.25, 0.3) is 5.91 Å². The minimum atomic E-state index is -0.655. The fourth-order valence-electron chi connectivity index (χ4n) is 6.59. The van der Waals surface area contributed by atoms with Crippen LogP contribution in [-0.4, -0.2) is 66.2 Å². The summed E-state index contributed by atoms with van der Waals surface area (Å²) in [7, 11) is 1.62. The Morgan fingerprint density at radius 1 is 1.06 bits per heavy atom. The van der Waals surface area contributed by atoms with E-state index >= 15 is 0 Å². The van der Waals surface area contributed by atoms with Gasteiger partial charge in [-0.15, -0.1) is 0 Å². The zero-order valence-corrected chi connectivity index (χ0v) is 20.1. The van der Waals surface area contributed by atoms with Crippen molar-refractivity contribution in [3.8, 4) is 0 Å². The Balaban J connectivity index is 1.14. The van der Waals surface area contributed by atoms with Crippen LogP contribution in [0.3, 0.4) is 0 Å². The number of urea groups is 2. The number of imide groups is 1. The molecule has 2 saturated heterocycles. The van der Waals surface area contributed by atoms with Gasteiger partial charge in [-0.3, -0.25) is 9.69 Å². The molecular weight excluding hydrogens is 432 g/mol. The van der Waals surface area contributed by atoms with Gasteiger partial charge >= 0.3 is 12.1 Å². The molecule has 2 saturated carbocycles. The molecule has 1 aromatic rings. The summed E-state index contributed by atoms with van der Waals surface area (Å²) < 4.78 is 5.48. The second kappa shape index (κ2) is 9.21. The van der Waals surface area contributed by atoms with Crippen LogP contribution in [0, 0.1) is 11.3 Å². The van der Waals surface area contributed by atoms with Crippen molar-refractivity contribution in [2.75, 3.05) is 26.8 Å². The summed E-state index contributed by atoms with van der Waals surface area (Å²) in [4.78, 5) is 41.7. The first-order chi connectivity index (χ1) is 16.4. The predicted molar refractivity (Wildman–Crippen MR) is 127 cm³/mol. The van der Waals surface area contributed by atoms with Crippen molar-refractivity contribution in [2.45, 2.75) is 69.5 Å². The lowest BCUT2D eigenvalue weighted by Crippen LogP contribution is -2.65. The summed E-state index contributed by atoms with van der Waals surface area (Å²) in [5.74, 6) is 0.371. The number of nitrogens with one attached hydrogen (secondary N) is 2. The summed E-state index contributed by atoms with van der Waals surface area (Å²) in [5.41, 5.74) is 0.525. The van der Waals surface area contributed by atoms with Crippen LogP contribution in [0.4, 0.5) is 9.59 Å². The summed E-state index contributed by atoms with van der Waals surface area (Å²) in [6, 6.07) is 9.76. The first-order valence-corrected chi connectivity index (χ1v) is 12.7. The first kappa shape index (κ1) is 23.1. The zero-order valence-electron chi connectivity index (χ0n) is 20.1. The minimum Gasteiger partial charge on any atom is -0.381 e. The molecule has 2 aliphatic carbocycles. The lowest BCUT2D eigenvalue weighted by atomic mass is 9.51. The average molecular weight is 469 g/mol. The van der Waals surface area contributed by atoms with Gasteiger partial charge < -0.3 is 20.3 Å². The van der Waals surface area contributed by atoms with Crippen LogP contribution in [0.15, 0.2) is 30.3 Å². The number of amides is 5. The van der Waals surface area contributed by atoms with Crippen LogP contribution in [0.5, 0.6) is 0 Å². The van der Waals surface area contributed by atoms with E-state index in [1.54, 1.807) is 7.05 Å². The normalized spacial score (nSPS) is 31.7. The highest BCUT2D eigenvalue weighted by Crippen LogP contribution is 2.61. The minimum absolute atomic E-state index is 0.0317. The van der Waals surface area contributed by atoms with E-state index in [0.29, 0.717) is 19.0 Å². The highest BCUT2D eigenvalue weighted by Gasteiger charge is 2.67. The van der Waals surface area contributed by atoms with E-state index in [0.717, 1.165) is 70.1 Å². The van der Waals surface area contributed by atoms with Gasteiger partial charge in [-0.1, -0.05) is 30.3 Å². The topological polar surface area (TPSA) is 91.0 Å². The van der Waals surface area contributed by atoms with Gasteiger partial charge in [0.2, 0.25) is 0 Å². The van der Waals surface area contributed by atoms with Crippen LogP contribution < -0.4 is 10.6 Å².